The molecule has 0 atom stereocenters. The molecule has 0 saturated carbocycles. The van der Waals surface area contributed by atoms with Gasteiger partial charge in [-0.1, -0.05) is 23.8 Å². The molecule has 0 aliphatic rings. The number of hydrogen-bond acceptors (Lipinski definition) is 2. The predicted octanol–water partition coefficient (Wildman–Crippen LogP) is 2.36. The summed E-state index contributed by atoms with van der Waals surface area (Å²) in [7, 11) is 0. The maximum atomic E-state index is 11.8. The lowest BCUT2D eigenvalue weighted by atomic mass is 10.2. The Kier molecular flexibility index (Phi) is 5.79. The number of benzene rings is 1. The number of anilines is 1. The summed E-state index contributed by atoms with van der Waals surface area (Å²) in [5, 5.41) is 2.80. The third-order valence-electron chi connectivity index (χ3n) is 2.74. The standard InChI is InChI=1S/C15H20N2O2/c1-4-10-17(13(3)18)11-9-15(19)16-14-7-5-12(2)6-8-14/h4-8H,1,9-11H2,2-3H3,(H,16,19). The quantitative estimate of drug-likeness (QED) is 0.798. The van der Waals surface area contributed by atoms with Gasteiger partial charge in [-0.2, -0.15) is 0 Å². The highest BCUT2D eigenvalue weighted by Crippen LogP contribution is 2.09. The summed E-state index contributed by atoms with van der Waals surface area (Å²) in [6.07, 6.45) is 1.93. The fraction of sp³-hybridized carbons (Fsp3) is 0.333. The Morgan fingerprint density at radius 1 is 1.32 bits per heavy atom. The van der Waals surface area contributed by atoms with Crippen molar-refractivity contribution in [2.75, 3.05) is 18.4 Å². The van der Waals surface area contributed by atoms with E-state index in [-0.39, 0.29) is 18.2 Å². The highest BCUT2D eigenvalue weighted by Gasteiger charge is 2.09. The number of hydrogen-bond donors (Lipinski definition) is 1. The summed E-state index contributed by atoms with van der Waals surface area (Å²) in [4.78, 5) is 24.6. The Labute approximate surface area is 114 Å². The Bertz CT molecular complexity index is 452. The molecule has 1 aromatic carbocycles. The van der Waals surface area contributed by atoms with Crippen LogP contribution in [-0.2, 0) is 9.59 Å². The molecule has 0 aliphatic heterocycles. The van der Waals surface area contributed by atoms with Crippen LogP contribution in [-0.4, -0.2) is 29.8 Å². The number of rotatable bonds is 6. The second-order valence-electron chi connectivity index (χ2n) is 4.42. The maximum Gasteiger partial charge on any atom is 0.226 e. The smallest absolute Gasteiger partial charge is 0.226 e. The lowest BCUT2D eigenvalue weighted by Gasteiger charge is -2.18. The van der Waals surface area contributed by atoms with E-state index in [1.54, 1.807) is 11.0 Å². The predicted molar refractivity (Wildman–Crippen MR) is 76.9 cm³/mol. The third-order valence-corrected chi connectivity index (χ3v) is 2.74. The van der Waals surface area contributed by atoms with Gasteiger partial charge in [-0.25, -0.2) is 0 Å². The van der Waals surface area contributed by atoms with Crippen molar-refractivity contribution in [3.63, 3.8) is 0 Å². The van der Waals surface area contributed by atoms with Crippen LogP contribution in [0.2, 0.25) is 0 Å². The molecule has 0 unspecified atom stereocenters. The van der Waals surface area contributed by atoms with Crippen LogP contribution in [0.5, 0.6) is 0 Å². The summed E-state index contributed by atoms with van der Waals surface area (Å²) in [6, 6.07) is 7.60. The van der Waals surface area contributed by atoms with Gasteiger partial charge in [-0.15, -0.1) is 6.58 Å². The molecule has 0 saturated heterocycles. The molecule has 4 nitrogen and oxygen atoms in total. The number of carbonyl (C=O) groups excluding carboxylic acids is 2. The van der Waals surface area contributed by atoms with E-state index >= 15 is 0 Å². The van der Waals surface area contributed by atoms with Crippen molar-refractivity contribution < 1.29 is 9.59 Å². The van der Waals surface area contributed by atoms with Gasteiger partial charge in [0.15, 0.2) is 0 Å². The monoisotopic (exact) mass is 260 g/mol. The summed E-state index contributed by atoms with van der Waals surface area (Å²) in [5.74, 6) is -0.151. The first-order valence-corrected chi connectivity index (χ1v) is 6.26. The average Bonchev–Trinajstić information content (AvgIpc) is 2.37. The Hall–Kier alpha value is -2.10. The van der Waals surface area contributed by atoms with Crippen molar-refractivity contribution in [1.82, 2.24) is 4.90 Å². The molecule has 0 radical (unpaired) electrons. The molecule has 19 heavy (non-hydrogen) atoms. The molecule has 0 aromatic heterocycles. The minimum Gasteiger partial charge on any atom is -0.339 e. The van der Waals surface area contributed by atoms with Crippen LogP contribution >= 0.6 is 0 Å². The molecule has 1 rings (SSSR count). The van der Waals surface area contributed by atoms with Crippen molar-refractivity contribution in [2.24, 2.45) is 0 Å². The lowest BCUT2D eigenvalue weighted by Crippen LogP contribution is -2.32. The minimum atomic E-state index is -0.0980. The average molecular weight is 260 g/mol. The van der Waals surface area contributed by atoms with Crippen LogP contribution in [0.3, 0.4) is 0 Å². The van der Waals surface area contributed by atoms with Gasteiger partial charge in [0.25, 0.3) is 0 Å². The van der Waals surface area contributed by atoms with Crippen molar-refractivity contribution in [2.45, 2.75) is 20.3 Å². The molecular weight excluding hydrogens is 240 g/mol. The van der Waals surface area contributed by atoms with E-state index < -0.39 is 0 Å². The van der Waals surface area contributed by atoms with E-state index in [9.17, 15) is 9.59 Å². The van der Waals surface area contributed by atoms with E-state index in [1.165, 1.54) is 6.92 Å². The Morgan fingerprint density at radius 2 is 1.95 bits per heavy atom. The topological polar surface area (TPSA) is 49.4 Å². The van der Waals surface area contributed by atoms with Crippen LogP contribution in [0.4, 0.5) is 5.69 Å². The molecule has 0 aliphatic carbocycles. The lowest BCUT2D eigenvalue weighted by molar-refractivity contribution is -0.128. The second-order valence-corrected chi connectivity index (χ2v) is 4.42. The minimum absolute atomic E-state index is 0.0527. The van der Waals surface area contributed by atoms with Crippen LogP contribution < -0.4 is 5.32 Å². The fourth-order valence-corrected chi connectivity index (χ4v) is 1.63. The molecule has 2 amide bonds. The Balaban J connectivity index is 2.44. The van der Waals surface area contributed by atoms with Gasteiger partial charge in [0, 0.05) is 32.1 Å². The van der Waals surface area contributed by atoms with Crippen LogP contribution in [0.1, 0.15) is 18.9 Å². The number of nitrogens with one attached hydrogen (secondary N) is 1. The van der Waals surface area contributed by atoms with Crippen molar-refractivity contribution >= 4 is 17.5 Å². The number of amides is 2. The zero-order valence-corrected chi connectivity index (χ0v) is 11.5. The summed E-state index contributed by atoms with van der Waals surface area (Å²) in [6.45, 7) is 7.94. The maximum absolute atomic E-state index is 11.8. The van der Waals surface area contributed by atoms with Gasteiger partial charge in [0.2, 0.25) is 11.8 Å². The van der Waals surface area contributed by atoms with E-state index in [0.29, 0.717) is 13.1 Å². The molecule has 4 heteroatoms. The normalized spacial score (nSPS) is 9.79. The SMILES string of the molecule is C=CCN(CCC(=O)Nc1ccc(C)cc1)C(C)=O. The molecule has 0 fully saturated rings. The van der Waals surface area contributed by atoms with Crippen LogP contribution in [0.25, 0.3) is 0 Å². The van der Waals surface area contributed by atoms with Crippen LogP contribution in [0.15, 0.2) is 36.9 Å². The van der Waals surface area contributed by atoms with Crippen molar-refractivity contribution in [3.05, 3.63) is 42.5 Å². The molecule has 102 valence electrons. The first kappa shape index (κ1) is 15.0. The zero-order chi connectivity index (χ0) is 14.3. The summed E-state index contributed by atoms with van der Waals surface area (Å²) < 4.78 is 0. The van der Waals surface area contributed by atoms with E-state index in [4.69, 9.17) is 0 Å². The van der Waals surface area contributed by atoms with Crippen molar-refractivity contribution in [1.29, 1.82) is 0 Å². The molecular formula is C15H20N2O2. The van der Waals surface area contributed by atoms with Crippen molar-refractivity contribution in [3.8, 4) is 0 Å². The van der Waals surface area contributed by atoms with Gasteiger partial charge >= 0.3 is 0 Å². The highest BCUT2D eigenvalue weighted by molar-refractivity contribution is 5.91. The van der Waals surface area contributed by atoms with Gasteiger partial charge in [-0.3, -0.25) is 9.59 Å². The Morgan fingerprint density at radius 3 is 2.47 bits per heavy atom. The fourth-order valence-electron chi connectivity index (χ4n) is 1.63. The second kappa shape index (κ2) is 7.36. The molecule has 0 bridgehead atoms. The van der Waals surface area contributed by atoms with Crippen LogP contribution in [0, 0.1) is 6.92 Å². The third kappa shape index (κ3) is 5.38. The summed E-state index contributed by atoms with van der Waals surface area (Å²) >= 11 is 0. The first-order valence-electron chi connectivity index (χ1n) is 6.26. The zero-order valence-electron chi connectivity index (χ0n) is 11.5. The number of carbonyl (C=O) groups is 2. The van der Waals surface area contributed by atoms with E-state index in [1.807, 2.05) is 31.2 Å². The number of nitrogens with zero attached hydrogens (tertiary/aromatic N) is 1. The summed E-state index contributed by atoms with van der Waals surface area (Å²) in [5.41, 5.74) is 1.92. The van der Waals surface area contributed by atoms with E-state index in [2.05, 4.69) is 11.9 Å². The van der Waals surface area contributed by atoms with Gasteiger partial charge in [0.05, 0.1) is 0 Å². The van der Waals surface area contributed by atoms with Gasteiger partial charge < -0.3 is 10.2 Å². The number of aryl methyl sites for hydroxylation is 1. The highest BCUT2D eigenvalue weighted by atomic mass is 16.2. The largest absolute Gasteiger partial charge is 0.339 e. The molecule has 1 aromatic rings. The molecule has 1 N–H and O–H groups in total. The van der Waals surface area contributed by atoms with E-state index in [0.717, 1.165) is 11.3 Å². The van der Waals surface area contributed by atoms with Gasteiger partial charge in [-0.05, 0) is 19.1 Å². The molecule has 0 heterocycles. The molecule has 0 spiro atoms. The first-order chi connectivity index (χ1) is 9.02. The van der Waals surface area contributed by atoms with Gasteiger partial charge in [0.1, 0.15) is 0 Å².